The topological polar surface area (TPSA) is 58.6 Å². The summed E-state index contributed by atoms with van der Waals surface area (Å²) in [6.07, 6.45) is 0.191. The minimum Gasteiger partial charge on any atom is -0.444 e. The number of carbonyl (C=O) groups is 2. The van der Waals surface area contributed by atoms with Crippen LogP contribution in [0, 0.1) is 5.92 Å². The summed E-state index contributed by atoms with van der Waals surface area (Å²) in [5, 5.41) is 2.57. The van der Waals surface area contributed by atoms with E-state index < -0.39 is 5.60 Å². The molecule has 5 nitrogen and oxygen atoms in total. The van der Waals surface area contributed by atoms with E-state index in [0.717, 1.165) is 0 Å². The van der Waals surface area contributed by atoms with Crippen molar-refractivity contribution in [1.29, 1.82) is 0 Å². The van der Waals surface area contributed by atoms with Crippen molar-refractivity contribution in [3.63, 3.8) is 0 Å². The fourth-order valence-corrected chi connectivity index (χ4v) is 1.54. The SMILES string of the molecule is CNC(=O)CC1CN(C(=O)OC(C)(C)C)C1. The van der Waals surface area contributed by atoms with Crippen molar-refractivity contribution < 1.29 is 14.3 Å². The molecule has 1 fully saturated rings. The lowest BCUT2D eigenvalue weighted by Gasteiger charge is -2.39. The van der Waals surface area contributed by atoms with E-state index in [4.69, 9.17) is 4.74 Å². The van der Waals surface area contributed by atoms with Gasteiger partial charge in [-0.2, -0.15) is 0 Å². The van der Waals surface area contributed by atoms with Gasteiger partial charge >= 0.3 is 6.09 Å². The maximum atomic E-state index is 11.5. The first-order chi connectivity index (χ1) is 7.31. The summed E-state index contributed by atoms with van der Waals surface area (Å²) >= 11 is 0. The molecular formula is C11H20N2O3. The Balaban J connectivity index is 2.25. The van der Waals surface area contributed by atoms with Gasteiger partial charge in [0.15, 0.2) is 0 Å². The molecule has 1 aliphatic rings. The van der Waals surface area contributed by atoms with Crippen LogP contribution in [0.2, 0.25) is 0 Å². The number of carbonyl (C=O) groups excluding carboxylic acids is 2. The average Bonchev–Trinajstić information content (AvgIpc) is 2.06. The van der Waals surface area contributed by atoms with Crippen LogP contribution < -0.4 is 5.32 Å². The van der Waals surface area contributed by atoms with Gasteiger partial charge in [-0.25, -0.2) is 4.79 Å². The van der Waals surface area contributed by atoms with Crippen LogP contribution in [-0.2, 0) is 9.53 Å². The zero-order valence-electron chi connectivity index (χ0n) is 10.4. The van der Waals surface area contributed by atoms with Gasteiger partial charge in [-0.05, 0) is 20.8 Å². The number of rotatable bonds is 2. The second kappa shape index (κ2) is 4.72. The molecule has 0 spiro atoms. The fraction of sp³-hybridized carbons (Fsp3) is 0.818. The van der Waals surface area contributed by atoms with Gasteiger partial charge < -0.3 is 15.0 Å². The smallest absolute Gasteiger partial charge is 0.410 e. The van der Waals surface area contributed by atoms with Crippen LogP contribution in [0.1, 0.15) is 27.2 Å². The van der Waals surface area contributed by atoms with Gasteiger partial charge in [0.1, 0.15) is 5.60 Å². The predicted octanol–water partition coefficient (Wildman–Crippen LogP) is 0.989. The molecule has 2 amide bonds. The Bertz CT molecular complexity index is 277. The molecule has 5 heteroatoms. The second-order valence-corrected chi connectivity index (χ2v) is 5.13. The van der Waals surface area contributed by atoms with Crippen molar-refractivity contribution >= 4 is 12.0 Å². The number of ether oxygens (including phenoxy) is 1. The number of nitrogens with one attached hydrogen (secondary N) is 1. The Morgan fingerprint density at radius 1 is 1.38 bits per heavy atom. The molecule has 92 valence electrons. The van der Waals surface area contributed by atoms with Crippen LogP contribution in [0.15, 0.2) is 0 Å². The molecule has 0 aliphatic carbocycles. The van der Waals surface area contributed by atoms with Crippen molar-refractivity contribution in [2.45, 2.75) is 32.8 Å². The van der Waals surface area contributed by atoms with Crippen molar-refractivity contribution in [2.75, 3.05) is 20.1 Å². The molecule has 0 bridgehead atoms. The van der Waals surface area contributed by atoms with Gasteiger partial charge in [-0.3, -0.25) is 4.79 Å². The Morgan fingerprint density at radius 3 is 2.38 bits per heavy atom. The molecule has 0 radical (unpaired) electrons. The van der Waals surface area contributed by atoms with E-state index in [1.165, 1.54) is 0 Å². The largest absolute Gasteiger partial charge is 0.444 e. The Hall–Kier alpha value is -1.26. The van der Waals surface area contributed by atoms with Gasteiger partial charge in [-0.15, -0.1) is 0 Å². The van der Waals surface area contributed by atoms with Crippen molar-refractivity contribution in [1.82, 2.24) is 10.2 Å². The standard InChI is InChI=1S/C11H20N2O3/c1-11(2,3)16-10(15)13-6-8(7-13)5-9(14)12-4/h8H,5-7H2,1-4H3,(H,12,14). The van der Waals surface area contributed by atoms with Gasteiger partial charge in [0, 0.05) is 32.5 Å². The van der Waals surface area contributed by atoms with E-state index in [9.17, 15) is 9.59 Å². The van der Waals surface area contributed by atoms with Gasteiger partial charge in [-0.1, -0.05) is 0 Å². The first-order valence-electron chi connectivity index (χ1n) is 5.50. The quantitative estimate of drug-likeness (QED) is 0.766. The molecule has 0 aromatic carbocycles. The molecule has 1 heterocycles. The second-order valence-electron chi connectivity index (χ2n) is 5.13. The number of hydrogen-bond acceptors (Lipinski definition) is 3. The highest BCUT2D eigenvalue weighted by Crippen LogP contribution is 2.21. The first-order valence-corrected chi connectivity index (χ1v) is 5.50. The molecule has 0 saturated carbocycles. The van der Waals surface area contributed by atoms with E-state index in [1.54, 1.807) is 11.9 Å². The summed E-state index contributed by atoms with van der Waals surface area (Å²) in [6.45, 7) is 6.75. The molecule has 1 saturated heterocycles. The summed E-state index contributed by atoms with van der Waals surface area (Å²) in [4.78, 5) is 24.2. The summed E-state index contributed by atoms with van der Waals surface area (Å²) in [6, 6.07) is 0. The van der Waals surface area contributed by atoms with E-state index in [2.05, 4.69) is 5.32 Å². The van der Waals surface area contributed by atoms with Crippen LogP contribution in [0.25, 0.3) is 0 Å². The maximum Gasteiger partial charge on any atom is 0.410 e. The number of likely N-dealkylation sites (tertiary alicyclic amines) is 1. The summed E-state index contributed by atoms with van der Waals surface area (Å²) < 4.78 is 5.21. The third-order valence-electron chi connectivity index (χ3n) is 2.36. The van der Waals surface area contributed by atoms with E-state index in [0.29, 0.717) is 19.5 Å². The summed E-state index contributed by atoms with van der Waals surface area (Å²) in [5.41, 5.74) is -0.455. The lowest BCUT2D eigenvalue weighted by molar-refractivity contribution is -0.122. The Morgan fingerprint density at radius 2 is 1.94 bits per heavy atom. The molecule has 16 heavy (non-hydrogen) atoms. The van der Waals surface area contributed by atoms with Crippen LogP contribution in [0.3, 0.4) is 0 Å². The van der Waals surface area contributed by atoms with Crippen molar-refractivity contribution in [2.24, 2.45) is 5.92 Å². The third-order valence-corrected chi connectivity index (χ3v) is 2.36. The molecule has 0 aromatic heterocycles. The minimum atomic E-state index is -0.455. The van der Waals surface area contributed by atoms with Gasteiger partial charge in [0.05, 0.1) is 0 Å². The lowest BCUT2D eigenvalue weighted by Crippen LogP contribution is -2.52. The van der Waals surface area contributed by atoms with E-state index >= 15 is 0 Å². The molecule has 1 N–H and O–H groups in total. The zero-order valence-corrected chi connectivity index (χ0v) is 10.4. The summed E-state index contributed by atoms with van der Waals surface area (Å²) in [5.74, 6) is 0.293. The molecular weight excluding hydrogens is 208 g/mol. The fourth-order valence-electron chi connectivity index (χ4n) is 1.54. The minimum absolute atomic E-state index is 0.0221. The Kier molecular flexibility index (Phi) is 3.78. The molecule has 0 atom stereocenters. The first kappa shape index (κ1) is 12.8. The van der Waals surface area contributed by atoms with Crippen LogP contribution in [0.4, 0.5) is 4.79 Å². The van der Waals surface area contributed by atoms with Crippen molar-refractivity contribution in [3.05, 3.63) is 0 Å². The highest BCUT2D eigenvalue weighted by atomic mass is 16.6. The van der Waals surface area contributed by atoms with Crippen LogP contribution in [0.5, 0.6) is 0 Å². The third kappa shape index (κ3) is 3.72. The molecule has 0 aromatic rings. The maximum absolute atomic E-state index is 11.5. The molecule has 0 unspecified atom stereocenters. The number of nitrogens with zero attached hydrogens (tertiary/aromatic N) is 1. The lowest BCUT2D eigenvalue weighted by atomic mass is 9.96. The normalized spacial score (nSPS) is 16.6. The van der Waals surface area contributed by atoms with Crippen LogP contribution >= 0.6 is 0 Å². The van der Waals surface area contributed by atoms with E-state index in [1.807, 2.05) is 20.8 Å². The number of amides is 2. The highest BCUT2D eigenvalue weighted by molar-refractivity contribution is 5.76. The average molecular weight is 228 g/mol. The van der Waals surface area contributed by atoms with Crippen molar-refractivity contribution in [3.8, 4) is 0 Å². The highest BCUT2D eigenvalue weighted by Gasteiger charge is 2.34. The monoisotopic (exact) mass is 228 g/mol. The molecule has 1 aliphatic heterocycles. The molecule has 1 rings (SSSR count). The van der Waals surface area contributed by atoms with E-state index in [-0.39, 0.29) is 17.9 Å². The Labute approximate surface area is 96.1 Å². The van der Waals surface area contributed by atoms with Gasteiger partial charge in [0.25, 0.3) is 0 Å². The van der Waals surface area contributed by atoms with Crippen LogP contribution in [-0.4, -0.2) is 42.6 Å². The zero-order chi connectivity index (χ0) is 12.3. The van der Waals surface area contributed by atoms with Gasteiger partial charge in [0.2, 0.25) is 5.91 Å². The number of hydrogen-bond donors (Lipinski definition) is 1. The predicted molar refractivity (Wildman–Crippen MR) is 60.0 cm³/mol. The summed E-state index contributed by atoms with van der Waals surface area (Å²) in [7, 11) is 1.62.